The van der Waals surface area contributed by atoms with E-state index in [1.807, 2.05) is 6.07 Å². The number of nitriles is 1. The van der Waals surface area contributed by atoms with E-state index in [4.69, 9.17) is 16.7 Å². The van der Waals surface area contributed by atoms with Crippen LogP contribution in [0.25, 0.3) is 0 Å². The number of nitrogens with two attached hydrogens (primary N) is 2. The number of aromatic nitrogens is 1. The van der Waals surface area contributed by atoms with E-state index in [9.17, 15) is 0 Å². The summed E-state index contributed by atoms with van der Waals surface area (Å²) in [5.41, 5.74) is 12.0. The molecule has 14 heavy (non-hydrogen) atoms. The zero-order valence-corrected chi connectivity index (χ0v) is 9.24. The van der Waals surface area contributed by atoms with E-state index in [1.54, 1.807) is 6.08 Å². The van der Waals surface area contributed by atoms with Crippen molar-refractivity contribution >= 4 is 31.1 Å². The van der Waals surface area contributed by atoms with Gasteiger partial charge in [-0.05, 0) is 0 Å². The number of anilines is 2. The second kappa shape index (κ2) is 4.66. The van der Waals surface area contributed by atoms with Crippen molar-refractivity contribution in [2.24, 2.45) is 0 Å². The zero-order chi connectivity index (χ0) is 10.6. The number of nitrogens with zero attached hydrogens (tertiary/aromatic N) is 2. The van der Waals surface area contributed by atoms with Crippen LogP contribution >= 0.6 is 0 Å². The Hall–Kier alpha value is -1.50. The third-order valence-electron chi connectivity index (χ3n) is 1.49. The molecular weight excluding hydrogens is 243 g/mol. The molecule has 0 aliphatic carbocycles. The first kappa shape index (κ1) is 10.6. The van der Waals surface area contributed by atoms with Gasteiger partial charge in [0.15, 0.2) is 0 Å². The minimum absolute atomic E-state index is 0.0797. The van der Waals surface area contributed by atoms with Gasteiger partial charge in [-0.3, -0.25) is 0 Å². The molecule has 72 valence electrons. The van der Waals surface area contributed by atoms with E-state index in [2.05, 4.69) is 11.6 Å². The summed E-state index contributed by atoms with van der Waals surface area (Å²) in [5.74, 6) is 0.363. The van der Waals surface area contributed by atoms with Crippen molar-refractivity contribution < 1.29 is 0 Å². The predicted octanol–water partition coefficient (Wildman–Crippen LogP) is 0.0515. The summed E-state index contributed by atoms with van der Waals surface area (Å²) in [6.45, 7) is 3.62. The summed E-state index contributed by atoms with van der Waals surface area (Å²) in [6.07, 6.45) is 1.79. The number of nitrogen functional groups attached to an aromatic ring is 2. The average Bonchev–Trinajstić information content (AvgIpc) is 2.14. The molecule has 0 fully saturated rings. The molecule has 0 unspecified atom stereocenters. The van der Waals surface area contributed by atoms with Gasteiger partial charge in [0, 0.05) is 0 Å². The fourth-order valence-electron chi connectivity index (χ4n) is 0.915. The second-order valence-electron chi connectivity index (χ2n) is 2.53. The summed E-state index contributed by atoms with van der Waals surface area (Å²) in [7, 11) is 0. The first-order valence-corrected chi connectivity index (χ1v) is 5.95. The van der Waals surface area contributed by atoms with E-state index in [0.717, 1.165) is 5.32 Å². The van der Waals surface area contributed by atoms with E-state index in [1.165, 1.54) is 6.07 Å². The molecule has 0 amide bonds. The normalized spacial score (nSPS) is 9.36. The van der Waals surface area contributed by atoms with Crippen molar-refractivity contribution in [1.82, 2.24) is 4.98 Å². The van der Waals surface area contributed by atoms with Gasteiger partial charge >= 0.3 is 88.4 Å². The quantitative estimate of drug-likeness (QED) is 0.588. The Morgan fingerprint density at radius 2 is 2.36 bits per heavy atom. The topological polar surface area (TPSA) is 88.7 Å². The van der Waals surface area contributed by atoms with Crippen LogP contribution < -0.4 is 16.1 Å². The molecule has 4 nitrogen and oxygen atoms in total. The van der Waals surface area contributed by atoms with Crippen LogP contribution in [0, 0.1) is 11.3 Å². The molecule has 1 aromatic rings. The van der Waals surface area contributed by atoms with E-state index < -0.39 is 0 Å². The molecule has 0 spiro atoms. The first-order chi connectivity index (χ1) is 6.69. The molecular formula is C9H10N4Se. The molecule has 1 rings (SSSR count). The molecule has 0 aliphatic heterocycles. The molecule has 0 saturated heterocycles. The monoisotopic (exact) mass is 254 g/mol. The van der Waals surface area contributed by atoms with E-state index >= 15 is 0 Å². The Balaban J connectivity index is 3.12. The molecule has 0 aliphatic rings. The number of pyridine rings is 1. The number of hydrogen-bond donors (Lipinski definition) is 2. The summed E-state index contributed by atoms with van der Waals surface area (Å²) in [4.78, 5) is 4.10. The van der Waals surface area contributed by atoms with Gasteiger partial charge in [0.25, 0.3) is 0 Å². The molecule has 1 aromatic heterocycles. The molecule has 0 saturated carbocycles. The third-order valence-corrected chi connectivity index (χ3v) is 3.52. The van der Waals surface area contributed by atoms with Gasteiger partial charge in [-0.25, -0.2) is 0 Å². The molecule has 4 N–H and O–H groups in total. The maximum atomic E-state index is 8.86. The van der Waals surface area contributed by atoms with Crippen molar-refractivity contribution in [2.45, 2.75) is 5.32 Å². The summed E-state index contributed by atoms with van der Waals surface area (Å²) in [6, 6.07) is 3.54. The Bertz CT molecular complexity index is 395. The van der Waals surface area contributed by atoms with Gasteiger partial charge in [-0.15, -0.1) is 0 Å². The van der Waals surface area contributed by atoms with Crippen molar-refractivity contribution in [3.63, 3.8) is 0 Å². The maximum absolute atomic E-state index is 8.86. The Morgan fingerprint density at radius 3 is 2.93 bits per heavy atom. The number of rotatable bonds is 3. The SMILES string of the molecule is C=CC[Se]c1nc(N)cc(N)c1C#N. The van der Waals surface area contributed by atoms with Gasteiger partial charge in [-0.2, -0.15) is 0 Å². The van der Waals surface area contributed by atoms with Crippen molar-refractivity contribution in [2.75, 3.05) is 11.5 Å². The summed E-state index contributed by atoms with van der Waals surface area (Å²) < 4.78 is 0.706. The molecule has 5 heteroatoms. The average molecular weight is 253 g/mol. The van der Waals surface area contributed by atoms with E-state index in [0.29, 0.717) is 21.7 Å². The van der Waals surface area contributed by atoms with Crippen LogP contribution in [0.4, 0.5) is 11.5 Å². The van der Waals surface area contributed by atoms with Crippen molar-refractivity contribution in [1.29, 1.82) is 5.26 Å². The van der Waals surface area contributed by atoms with Crippen LogP contribution in [0.3, 0.4) is 0 Å². The predicted molar refractivity (Wildman–Crippen MR) is 58.2 cm³/mol. The van der Waals surface area contributed by atoms with Crippen LogP contribution in [0.15, 0.2) is 18.7 Å². The van der Waals surface area contributed by atoms with Crippen molar-refractivity contribution in [3.8, 4) is 6.07 Å². The first-order valence-electron chi connectivity index (χ1n) is 3.88. The van der Waals surface area contributed by atoms with Crippen LogP contribution in [-0.2, 0) is 0 Å². The minimum atomic E-state index is 0.0797. The van der Waals surface area contributed by atoms with Crippen LogP contribution in [0.1, 0.15) is 5.56 Å². The third kappa shape index (κ3) is 2.25. The number of allylic oxidation sites excluding steroid dienone is 1. The van der Waals surface area contributed by atoms with Crippen LogP contribution in [-0.4, -0.2) is 19.9 Å². The molecule has 0 bridgehead atoms. The molecule has 0 aromatic carbocycles. The summed E-state index contributed by atoms with van der Waals surface area (Å²) >= 11 is 0.0797. The van der Waals surface area contributed by atoms with Crippen molar-refractivity contribution in [3.05, 3.63) is 24.3 Å². The standard InChI is InChI=1S/C9H10N4Se/c1-2-3-14-9-6(5-10)7(11)4-8(12)13-9/h2,4H,1,3H2,(H4,11,12,13). The fourth-order valence-corrected chi connectivity index (χ4v) is 2.50. The Kier molecular flexibility index (Phi) is 3.52. The number of hydrogen-bond acceptors (Lipinski definition) is 4. The molecule has 0 atom stereocenters. The van der Waals surface area contributed by atoms with Gasteiger partial charge in [0.2, 0.25) is 0 Å². The Morgan fingerprint density at radius 1 is 1.64 bits per heavy atom. The van der Waals surface area contributed by atoms with Crippen LogP contribution in [0.5, 0.6) is 0 Å². The van der Waals surface area contributed by atoms with Gasteiger partial charge < -0.3 is 0 Å². The van der Waals surface area contributed by atoms with E-state index in [-0.39, 0.29) is 15.0 Å². The van der Waals surface area contributed by atoms with Crippen LogP contribution in [0.2, 0.25) is 5.32 Å². The fraction of sp³-hybridized carbons (Fsp3) is 0.111. The summed E-state index contributed by atoms with van der Waals surface area (Å²) in [5, 5.41) is 9.68. The zero-order valence-electron chi connectivity index (χ0n) is 7.53. The molecule has 1 heterocycles. The molecule has 0 radical (unpaired) electrons. The van der Waals surface area contributed by atoms with Gasteiger partial charge in [0.1, 0.15) is 0 Å². The van der Waals surface area contributed by atoms with Gasteiger partial charge in [0.05, 0.1) is 0 Å². The second-order valence-corrected chi connectivity index (χ2v) is 4.64. The Labute approximate surface area is 88.8 Å². The van der Waals surface area contributed by atoms with Gasteiger partial charge in [-0.1, -0.05) is 0 Å².